The molecule has 0 spiro atoms. The maximum atomic E-state index is 12.6. The summed E-state index contributed by atoms with van der Waals surface area (Å²) in [5.74, 6) is -0.478. The van der Waals surface area contributed by atoms with Crippen LogP contribution in [-0.2, 0) is 4.79 Å². The van der Waals surface area contributed by atoms with E-state index in [0.29, 0.717) is 10.7 Å². The molecule has 29 heavy (non-hydrogen) atoms. The number of aryl methyl sites for hydroxylation is 1. The Bertz CT molecular complexity index is 1100. The predicted molar refractivity (Wildman–Crippen MR) is 119 cm³/mol. The number of carbonyl (C=O) groups is 1. The average molecular weight is 405 g/mol. The van der Waals surface area contributed by atoms with Crippen LogP contribution < -0.4 is 10.2 Å². The van der Waals surface area contributed by atoms with Gasteiger partial charge >= 0.3 is 0 Å². The van der Waals surface area contributed by atoms with Crippen LogP contribution in [0.3, 0.4) is 0 Å². The molecule has 0 fully saturated rings. The lowest BCUT2D eigenvalue weighted by molar-refractivity contribution is -0.112. The Balaban J connectivity index is 1.88. The first kappa shape index (κ1) is 20.2. The van der Waals surface area contributed by atoms with Crippen LogP contribution >= 0.6 is 11.6 Å². The minimum atomic E-state index is -0.478. The standard InChI is InChI=1S/C23H21ClN4O/c1-16-6-7-18(24)14-22(16)26-23(29)17(15-25)13-21-5-4-12-28(21)20-10-8-19(9-11-20)27(2)3/h4-14H,1-3H3,(H,26,29)/b17-13-. The molecule has 0 aliphatic heterocycles. The van der Waals surface area contributed by atoms with Crippen molar-refractivity contribution in [2.75, 3.05) is 24.3 Å². The summed E-state index contributed by atoms with van der Waals surface area (Å²) in [5.41, 5.74) is 4.22. The Labute approximate surface area is 175 Å². The zero-order valence-corrected chi connectivity index (χ0v) is 17.2. The van der Waals surface area contributed by atoms with Crippen molar-refractivity contribution in [3.8, 4) is 11.8 Å². The van der Waals surface area contributed by atoms with E-state index in [2.05, 4.69) is 5.32 Å². The van der Waals surface area contributed by atoms with Gasteiger partial charge in [0.15, 0.2) is 0 Å². The van der Waals surface area contributed by atoms with Crippen molar-refractivity contribution in [3.63, 3.8) is 0 Å². The van der Waals surface area contributed by atoms with Gasteiger partial charge < -0.3 is 14.8 Å². The molecule has 0 unspecified atom stereocenters. The van der Waals surface area contributed by atoms with E-state index in [1.54, 1.807) is 18.2 Å². The molecule has 0 bridgehead atoms. The van der Waals surface area contributed by atoms with Gasteiger partial charge in [-0.25, -0.2) is 0 Å². The number of carbonyl (C=O) groups excluding carboxylic acids is 1. The van der Waals surface area contributed by atoms with Crippen LogP contribution in [0.4, 0.5) is 11.4 Å². The van der Waals surface area contributed by atoms with E-state index >= 15 is 0 Å². The van der Waals surface area contributed by atoms with Gasteiger partial charge in [-0.3, -0.25) is 4.79 Å². The lowest BCUT2D eigenvalue weighted by Crippen LogP contribution is -2.14. The Hall–Kier alpha value is -3.49. The molecule has 3 aromatic rings. The van der Waals surface area contributed by atoms with Crippen LogP contribution in [0.5, 0.6) is 0 Å². The highest BCUT2D eigenvalue weighted by molar-refractivity contribution is 6.31. The van der Waals surface area contributed by atoms with Crippen molar-refractivity contribution in [1.29, 1.82) is 5.26 Å². The number of benzene rings is 2. The summed E-state index contributed by atoms with van der Waals surface area (Å²) >= 11 is 6.01. The molecule has 5 nitrogen and oxygen atoms in total. The number of anilines is 2. The number of halogens is 1. The number of aromatic nitrogens is 1. The fourth-order valence-electron chi connectivity index (χ4n) is 2.87. The molecule has 0 atom stereocenters. The van der Waals surface area contributed by atoms with E-state index in [-0.39, 0.29) is 5.57 Å². The van der Waals surface area contributed by atoms with E-state index in [4.69, 9.17) is 11.6 Å². The van der Waals surface area contributed by atoms with Crippen molar-refractivity contribution in [1.82, 2.24) is 4.57 Å². The lowest BCUT2D eigenvalue weighted by atomic mass is 10.1. The number of nitriles is 1. The third-order valence-corrected chi connectivity index (χ3v) is 4.76. The number of nitrogens with zero attached hydrogens (tertiary/aromatic N) is 3. The maximum absolute atomic E-state index is 12.6. The average Bonchev–Trinajstić information content (AvgIpc) is 3.17. The molecule has 1 heterocycles. The molecule has 1 amide bonds. The molecule has 1 N–H and O–H groups in total. The van der Waals surface area contributed by atoms with Crippen LogP contribution in [0.2, 0.25) is 5.02 Å². The summed E-state index contributed by atoms with van der Waals surface area (Å²) in [6.07, 6.45) is 3.47. The summed E-state index contributed by atoms with van der Waals surface area (Å²) in [6.45, 7) is 1.87. The van der Waals surface area contributed by atoms with E-state index in [1.807, 2.05) is 85.2 Å². The summed E-state index contributed by atoms with van der Waals surface area (Å²) in [7, 11) is 3.97. The van der Waals surface area contributed by atoms with Crippen molar-refractivity contribution >= 4 is 35.0 Å². The Morgan fingerprint density at radius 2 is 1.90 bits per heavy atom. The second-order valence-electron chi connectivity index (χ2n) is 6.80. The molecule has 1 aromatic heterocycles. The number of hydrogen-bond donors (Lipinski definition) is 1. The van der Waals surface area contributed by atoms with Gasteiger partial charge in [-0.15, -0.1) is 0 Å². The zero-order chi connectivity index (χ0) is 21.0. The van der Waals surface area contributed by atoms with Crippen molar-refractivity contribution < 1.29 is 4.79 Å². The molecular formula is C23H21ClN4O. The quantitative estimate of drug-likeness (QED) is 0.478. The number of amides is 1. The molecule has 0 aliphatic rings. The third-order valence-electron chi connectivity index (χ3n) is 4.53. The number of rotatable bonds is 5. The van der Waals surface area contributed by atoms with Gasteiger partial charge in [-0.05, 0) is 67.1 Å². The summed E-state index contributed by atoms with van der Waals surface area (Å²) in [6, 6.07) is 19.0. The summed E-state index contributed by atoms with van der Waals surface area (Å²) in [5, 5.41) is 12.8. The van der Waals surface area contributed by atoms with Crippen LogP contribution in [0, 0.1) is 18.3 Å². The van der Waals surface area contributed by atoms with E-state index in [9.17, 15) is 10.1 Å². The topological polar surface area (TPSA) is 61.1 Å². The second kappa shape index (κ2) is 8.68. The lowest BCUT2D eigenvalue weighted by Gasteiger charge is -2.14. The predicted octanol–water partition coefficient (Wildman–Crippen LogP) is 5.05. The Morgan fingerprint density at radius 3 is 2.55 bits per heavy atom. The van der Waals surface area contributed by atoms with Gasteiger partial charge in [0, 0.05) is 48.1 Å². The smallest absolute Gasteiger partial charge is 0.266 e. The van der Waals surface area contributed by atoms with E-state index in [1.165, 1.54) is 0 Å². The molecule has 146 valence electrons. The summed E-state index contributed by atoms with van der Waals surface area (Å²) in [4.78, 5) is 14.7. The molecule has 2 aromatic carbocycles. The third kappa shape index (κ3) is 4.68. The summed E-state index contributed by atoms with van der Waals surface area (Å²) < 4.78 is 1.93. The number of nitrogens with one attached hydrogen (secondary N) is 1. The van der Waals surface area contributed by atoms with Crippen molar-refractivity contribution in [3.05, 3.63) is 82.6 Å². The normalized spacial score (nSPS) is 11.1. The van der Waals surface area contributed by atoms with Gasteiger partial charge in [-0.2, -0.15) is 5.26 Å². The first-order chi connectivity index (χ1) is 13.9. The monoisotopic (exact) mass is 404 g/mol. The van der Waals surface area contributed by atoms with Gasteiger partial charge in [-0.1, -0.05) is 17.7 Å². The first-order valence-electron chi connectivity index (χ1n) is 9.03. The zero-order valence-electron chi connectivity index (χ0n) is 16.5. The largest absolute Gasteiger partial charge is 0.378 e. The highest BCUT2D eigenvalue weighted by atomic mass is 35.5. The maximum Gasteiger partial charge on any atom is 0.266 e. The van der Waals surface area contributed by atoms with E-state index < -0.39 is 5.91 Å². The van der Waals surface area contributed by atoms with Gasteiger partial charge in [0.05, 0.1) is 0 Å². The van der Waals surface area contributed by atoms with Crippen molar-refractivity contribution in [2.45, 2.75) is 6.92 Å². The van der Waals surface area contributed by atoms with Crippen LogP contribution in [0.15, 0.2) is 66.4 Å². The Kier molecular flexibility index (Phi) is 6.06. The molecule has 0 aliphatic carbocycles. The molecule has 0 radical (unpaired) electrons. The van der Waals surface area contributed by atoms with Gasteiger partial charge in [0.2, 0.25) is 0 Å². The highest BCUT2D eigenvalue weighted by Crippen LogP contribution is 2.22. The number of hydrogen-bond acceptors (Lipinski definition) is 3. The fourth-order valence-corrected chi connectivity index (χ4v) is 3.05. The Morgan fingerprint density at radius 1 is 1.17 bits per heavy atom. The molecular weight excluding hydrogens is 384 g/mol. The molecule has 0 saturated heterocycles. The molecule has 3 rings (SSSR count). The van der Waals surface area contributed by atoms with Crippen molar-refractivity contribution in [2.24, 2.45) is 0 Å². The highest BCUT2D eigenvalue weighted by Gasteiger charge is 2.13. The SMILES string of the molecule is Cc1ccc(Cl)cc1NC(=O)/C(C#N)=C\c1cccn1-c1ccc(N(C)C)cc1. The van der Waals surface area contributed by atoms with Crippen LogP contribution in [0.25, 0.3) is 11.8 Å². The van der Waals surface area contributed by atoms with Crippen LogP contribution in [-0.4, -0.2) is 24.6 Å². The fraction of sp³-hybridized carbons (Fsp3) is 0.130. The van der Waals surface area contributed by atoms with Gasteiger partial charge in [0.1, 0.15) is 11.6 Å². The molecule has 0 saturated carbocycles. The van der Waals surface area contributed by atoms with Gasteiger partial charge in [0.25, 0.3) is 5.91 Å². The minimum Gasteiger partial charge on any atom is -0.378 e. The van der Waals surface area contributed by atoms with E-state index in [0.717, 1.165) is 22.6 Å². The second-order valence-corrected chi connectivity index (χ2v) is 7.23. The van der Waals surface area contributed by atoms with Crippen LogP contribution in [0.1, 0.15) is 11.3 Å². The molecule has 6 heteroatoms. The minimum absolute atomic E-state index is 0.00855. The first-order valence-corrected chi connectivity index (χ1v) is 9.41.